The summed E-state index contributed by atoms with van der Waals surface area (Å²) in [7, 11) is 0. The van der Waals surface area contributed by atoms with Gasteiger partial charge in [0.05, 0.1) is 12.1 Å². The molecule has 2 unspecified atom stereocenters. The van der Waals surface area contributed by atoms with Gasteiger partial charge in [-0.25, -0.2) is 0 Å². The van der Waals surface area contributed by atoms with E-state index in [1.807, 2.05) is 11.8 Å². The van der Waals surface area contributed by atoms with E-state index in [0.29, 0.717) is 13.1 Å². The van der Waals surface area contributed by atoms with E-state index in [4.69, 9.17) is 0 Å². The molecule has 1 saturated heterocycles. The van der Waals surface area contributed by atoms with Gasteiger partial charge in [0.2, 0.25) is 5.91 Å². The Labute approximate surface area is 117 Å². The number of aliphatic hydroxyl groups excluding tert-OH is 1. The van der Waals surface area contributed by atoms with Crippen molar-refractivity contribution < 1.29 is 9.90 Å². The molecule has 2 N–H and O–H groups in total. The van der Waals surface area contributed by atoms with Gasteiger partial charge in [0.25, 0.3) is 0 Å². The largest absolute Gasteiger partial charge is 0.390 e. The van der Waals surface area contributed by atoms with Gasteiger partial charge in [-0.3, -0.25) is 4.79 Å². The number of nitrogens with zero attached hydrogens (tertiary/aromatic N) is 2. The molecule has 2 atom stereocenters. The Morgan fingerprint density at radius 2 is 1.89 bits per heavy atom. The summed E-state index contributed by atoms with van der Waals surface area (Å²) in [4.78, 5) is 16.2. The van der Waals surface area contributed by atoms with Gasteiger partial charge >= 0.3 is 0 Å². The third kappa shape index (κ3) is 5.47. The second-order valence-electron chi connectivity index (χ2n) is 5.30. The Kier molecular flexibility index (Phi) is 7.34. The minimum absolute atomic E-state index is 0.160. The number of nitrogens with one attached hydrogen (secondary N) is 1. The number of hydrogen-bond acceptors (Lipinski definition) is 4. The fourth-order valence-corrected chi connectivity index (χ4v) is 2.46. The molecule has 1 amide bonds. The van der Waals surface area contributed by atoms with Crippen molar-refractivity contribution >= 4 is 5.91 Å². The van der Waals surface area contributed by atoms with Crippen LogP contribution in [0.5, 0.6) is 0 Å². The molecule has 5 heteroatoms. The van der Waals surface area contributed by atoms with Crippen molar-refractivity contribution in [3.8, 4) is 0 Å². The molecule has 0 aliphatic carbocycles. The van der Waals surface area contributed by atoms with Crippen molar-refractivity contribution in [1.29, 1.82) is 0 Å². The van der Waals surface area contributed by atoms with Gasteiger partial charge in [0.1, 0.15) is 0 Å². The molecule has 1 heterocycles. The first-order chi connectivity index (χ1) is 9.08. The second kappa shape index (κ2) is 8.51. The summed E-state index contributed by atoms with van der Waals surface area (Å²) in [6, 6.07) is -0.204. The molecule has 0 aromatic heterocycles. The number of hydrogen-bond donors (Lipinski definition) is 2. The Bertz CT molecular complexity index is 263. The molecule has 0 spiro atoms. The van der Waals surface area contributed by atoms with Crippen molar-refractivity contribution in [1.82, 2.24) is 15.1 Å². The van der Waals surface area contributed by atoms with E-state index >= 15 is 0 Å². The van der Waals surface area contributed by atoms with E-state index < -0.39 is 6.10 Å². The van der Waals surface area contributed by atoms with Crippen LogP contribution in [-0.2, 0) is 4.79 Å². The number of rotatable bonds is 8. The summed E-state index contributed by atoms with van der Waals surface area (Å²) in [5.74, 6) is 0.160. The monoisotopic (exact) mass is 271 g/mol. The summed E-state index contributed by atoms with van der Waals surface area (Å²) in [6.45, 7) is 10.8. The lowest BCUT2D eigenvalue weighted by atomic mass is 10.2. The maximum Gasteiger partial charge on any atom is 0.239 e. The minimum atomic E-state index is -0.422. The molecule has 1 rings (SSSR count). The highest BCUT2D eigenvalue weighted by molar-refractivity contribution is 5.81. The predicted molar refractivity (Wildman–Crippen MR) is 77.1 cm³/mol. The number of likely N-dealkylation sites (tertiary alicyclic amines) is 1. The molecule has 0 aromatic carbocycles. The maximum atomic E-state index is 12.1. The van der Waals surface area contributed by atoms with E-state index in [0.717, 1.165) is 39.0 Å². The first-order valence-electron chi connectivity index (χ1n) is 7.51. The molecule has 1 aliphatic rings. The summed E-state index contributed by atoms with van der Waals surface area (Å²) >= 11 is 0. The zero-order valence-electron chi connectivity index (χ0n) is 12.6. The third-order valence-corrected chi connectivity index (χ3v) is 3.81. The van der Waals surface area contributed by atoms with Gasteiger partial charge in [-0.1, -0.05) is 13.8 Å². The number of carbonyl (C=O) groups excluding carboxylic acids is 1. The zero-order valence-corrected chi connectivity index (χ0v) is 12.6. The molecule has 112 valence electrons. The lowest BCUT2D eigenvalue weighted by Crippen LogP contribution is -2.47. The van der Waals surface area contributed by atoms with Crippen LogP contribution in [-0.4, -0.2) is 72.2 Å². The van der Waals surface area contributed by atoms with E-state index in [1.54, 1.807) is 0 Å². The van der Waals surface area contributed by atoms with Gasteiger partial charge in [-0.2, -0.15) is 0 Å². The molecule has 0 bridgehead atoms. The first-order valence-corrected chi connectivity index (χ1v) is 7.51. The van der Waals surface area contributed by atoms with E-state index in [1.165, 1.54) is 0 Å². The van der Waals surface area contributed by atoms with Gasteiger partial charge in [-0.05, 0) is 32.9 Å². The molecular weight excluding hydrogens is 242 g/mol. The Morgan fingerprint density at radius 3 is 2.42 bits per heavy atom. The molecule has 19 heavy (non-hydrogen) atoms. The number of likely N-dealkylation sites (N-methyl/N-ethyl adjacent to an activating group) is 1. The molecule has 1 fully saturated rings. The van der Waals surface area contributed by atoms with Crippen molar-refractivity contribution in [3.63, 3.8) is 0 Å². The highest BCUT2D eigenvalue weighted by atomic mass is 16.3. The van der Waals surface area contributed by atoms with Gasteiger partial charge in [-0.15, -0.1) is 0 Å². The average molecular weight is 271 g/mol. The number of aliphatic hydroxyl groups is 1. The maximum absolute atomic E-state index is 12.1. The topological polar surface area (TPSA) is 55.8 Å². The summed E-state index contributed by atoms with van der Waals surface area (Å²) in [5, 5.41) is 13.1. The zero-order chi connectivity index (χ0) is 14.3. The second-order valence-corrected chi connectivity index (χ2v) is 5.30. The average Bonchev–Trinajstić information content (AvgIpc) is 2.95. The van der Waals surface area contributed by atoms with Crippen LogP contribution >= 0.6 is 0 Å². The summed E-state index contributed by atoms with van der Waals surface area (Å²) < 4.78 is 0. The van der Waals surface area contributed by atoms with Crippen LogP contribution in [0.25, 0.3) is 0 Å². The molecule has 1 aliphatic heterocycles. The Morgan fingerprint density at radius 1 is 1.32 bits per heavy atom. The highest BCUT2D eigenvalue weighted by Crippen LogP contribution is 2.08. The van der Waals surface area contributed by atoms with Gasteiger partial charge in [0.15, 0.2) is 0 Å². The van der Waals surface area contributed by atoms with Crippen LogP contribution in [0.4, 0.5) is 0 Å². The predicted octanol–water partition coefficient (Wildman–Crippen LogP) is 0.290. The quantitative estimate of drug-likeness (QED) is 0.666. The molecule has 5 nitrogen and oxygen atoms in total. The lowest BCUT2D eigenvalue weighted by Gasteiger charge is -2.25. The van der Waals surface area contributed by atoms with Crippen molar-refractivity contribution in [2.45, 2.75) is 45.8 Å². The standard InChI is InChI=1S/C14H29N3O2/c1-4-16(5-2)11-13(18)10-15-12(3)14(19)17-8-6-7-9-17/h12-13,15,18H,4-11H2,1-3H3. The van der Waals surface area contributed by atoms with Crippen LogP contribution < -0.4 is 5.32 Å². The van der Waals surface area contributed by atoms with Crippen molar-refractivity contribution in [2.75, 3.05) is 39.3 Å². The highest BCUT2D eigenvalue weighted by Gasteiger charge is 2.23. The molecule has 0 saturated carbocycles. The van der Waals surface area contributed by atoms with Crippen LogP contribution in [0, 0.1) is 0 Å². The van der Waals surface area contributed by atoms with E-state index in [2.05, 4.69) is 24.1 Å². The van der Waals surface area contributed by atoms with Crippen LogP contribution in [0.15, 0.2) is 0 Å². The fourth-order valence-electron chi connectivity index (χ4n) is 2.46. The Hall–Kier alpha value is -0.650. The smallest absolute Gasteiger partial charge is 0.239 e. The van der Waals surface area contributed by atoms with Crippen LogP contribution in [0.3, 0.4) is 0 Å². The lowest BCUT2D eigenvalue weighted by molar-refractivity contribution is -0.132. The number of amides is 1. The van der Waals surface area contributed by atoms with Crippen molar-refractivity contribution in [2.24, 2.45) is 0 Å². The Balaban J connectivity index is 2.24. The number of carbonyl (C=O) groups is 1. The third-order valence-electron chi connectivity index (χ3n) is 3.81. The fraction of sp³-hybridized carbons (Fsp3) is 0.929. The van der Waals surface area contributed by atoms with Gasteiger partial charge in [0, 0.05) is 26.2 Å². The molecule has 0 radical (unpaired) electrons. The van der Waals surface area contributed by atoms with E-state index in [-0.39, 0.29) is 11.9 Å². The molecular formula is C14H29N3O2. The van der Waals surface area contributed by atoms with Crippen LogP contribution in [0.2, 0.25) is 0 Å². The molecule has 0 aromatic rings. The minimum Gasteiger partial charge on any atom is -0.390 e. The van der Waals surface area contributed by atoms with Crippen LogP contribution in [0.1, 0.15) is 33.6 Å². The summed E-state index contributed by atoms with van der Waals surface area (Å²) in [5.41, 5.74) is 0. The first kappa shape index (κ1) is 16.4. The summed E-state index contributed by atoms with van der Waals surface area (Å²) in [6.07, 6.45) is 1.81. The van der Waals surface area contributed by atoms with Crippen molar-refractivity contribution in [3.05, 3.63) is 0 Å². The van der Waals surface area contributed by atoms with E-state index in [9.17, 15) is 9.90 Å². The normalized spacial score (nSPS) is 18.9. The van der Waals surface area contributed by atoms with Gasteiger partial charge < -0.3 is 20.2 Å². The SMILES string of the molecule is CCN(CC)CC(O)CNC(C)C(=O)N1CCCC1.